The summed E-state index contributed by atoms with van der Waals surface area (Å²) >= 11 is 1.84. The van der Waals surface area contributed by atoms with Gasteiger partial charge in [-0.25, -0.2) is 0 Å². The first kappa shape index (κ1) is 12.4. The lowest BCUT2D eigenvalue weighted by molar-refractivity contribution is 0.289. The Hall–Kier alpha value is -1.06. The van der Waals surface area contributed by atoms with E-state index in [1.54, 1.807) is 0 Å². The summed E-state index contributed by atoms with van der Waals surface area (Å²) in [5.74, 6) is 0.909. The first-order valence-electron chi connectivity index (χ1n) is 5.87. The molecule has 1 unspecified atom stereocenters. The number of thioether (sulfide) groups is 1. The molecule has 1 heterocycles. The van der Waals surface area contributed by atoms with Gasteiger partial charge in [0, 0.05) is 23.0 Å². The van der Waals surface area contributed by atoms with E-state index in [0.29, 0.717) is 5.25 Å². The second-order valence-electron chi connectivity index (χ2n) is 4.13. The zero-order valence-corrected chi connectivity index (χ0v) is 10.8. The first-order chi connectivity index (χ1) is 8.29. The predicted molar refractivity (Wildman–Crippen MR) is 74.2 cm³/mol. The van der Waals surface area contributed by atoms with Gasteiger partial charge in [0.25, 0.3) is 0 Å². The van der Waals surface area contributed by atoms with Gasteiger partial charge in [0.05, 0.1) is 11.2 Å². The number of aromatic nitrogens is 1. The van der Waals surface area contributed by atoms with Gasteiger partial charge in [0.15, 0.2) is 0 Å². The SMILES string of the molecule is CC(CCO)SCc1ccc2ccccc2n1. The second kappa shape index (κ2) is 6.03. The van der Waals surface area contributed by atoms with Gasteiger partial charge < -0.3 is 5.11 Å². The number of benzene rings is 1. The average molecular weight is 247 g/mol. The highest BCUT2D eigenvalue weighted by Crippen LogP contribution is 2.20. The van der Waals surface area contributed by atoms with E-state index < -0.39 is 0 Å². The van der Waals surface area contributed by atoms with Gasteiger partial charge in [0.2, 0.25) is 0 Å². The Bertz CT molecular complexity index is 486. The van der Waals surface area contributed by atoms with E-state index >= 15 is 0 Å². The summed E-state index contributed by atoms with van der Waals surface area (Å²) in [6, 6.07) is 12.4. The van der Waals surface area contributed by atoms with Crippen LogP contribution in [0.4, 0.5) is 0 Å². The molecule has 0 amide bonds. The summed E-state index contributed by atoms with van der Waals surface area (Å²) in [5.41, 5.74) is 2.17. The Morgan fingerprint density at radius 3 is 2.88 bits per heavy atom. The van der Waals surface area contributed by atoms with Gasteiger partial charge >= 0.3 is 0 Å². The van der Waals surface area contributed by atoms with E-state index in [-0.39, 0.29) is 6.61 Å². The highest BCUT2D eigenvalue weighted by Gasteiger charge is 2.03. The molecule has 2 rings (SSSR count). The molecule has 0 saturated heterocycles. The van der Waals surface area contributed by atoms with E-state index in [9.17, 15) is 0 Å². The third kappa shape index (κ3) is 3.45. The third-order valence-corrected chi connectivity index (χ3v) is 3.97. The molecule has 0 saturated carbocycles. The zero-order chi connectivity index (χ0) is 12.1. The number of nitrogens with zero attached hydrogens (tertiary/aromatic N) is 1. The highest BCUT2D eigenvalue weighted by molar-refractivity contribution is 7.99. The van der Waals surface area contributed by atoms with Crippen LogP contribution in [0, 0.1) is 0 Å². The smallest absolute Gasteiger partial charge is 0.0705 e. The van der Waals surface area contributed by atoms with Crippen molar-refractivity contribution < 1.29 is 5.11 Å². The van der Waals surface area contributed by atoms with Crippen molar-refractivity contribution in [2.24, 2.45) is 0 Å². The van der Waals surface area contributed by atoms with Crippen molar-refractivity contribution in [1.29, 1.82) is 0 Å². The van der Waals surface area contributed by atoms with Crippen molar-refractivity contribution >= 4 is 22.7 Å². The fraction of sp³-hybridized carbons (Fsp3) is 0.357. The summed E-state index contributed by atoms with van der Waals surface area (Å²) in [5, 5.41) is 10.5. The number of hydrogen-bond acceptors (Lipinski definition) is 3. The molecule has 3 heteroatoms. The van der Waals surface area contributed by atoms with Crippen LogP contribution in [0.3, 0.4) is 0 Å². The van der Waals surface area contributed by atoms with Crippen LogP contribution in [0.25, 0.3) is 10.9 Å². The van der Waals surface area contributed by atoms with Crippen LogP contribution in [0.1, 0.15) is 19.0 Å². The predicted octanol–water partition coefficient (Wildman–Crippen LogP) is 3.24. The Labute approximate surface area is 106 Å². The van der Waals surface area contributed by atoms with Crippen LogP contribution in [0.2, 0.25) is 0 Å². The van der Waals surface area contributed by atoms with Gasteiger partial charge in [-0.3, -0.25) is 4.98 Å². The Kier molecular flexibility index (Phi) is 4.40. The maximum Gasteiger partial charge on any atom is 0.0705 e. The minimum Gasteiger partial charge on any atom is -0.396 e. The molecule has 0 radical (unpaired) electrons. The lowest BCUT2D eigenvalue weighted by Gasteiger charge is -2.09. The lowest BCUT2D eigenvalue weighted by atomic mass is 10.2. The third-order valence-electron chi connectivity index (χ3n) is 2.71. The second-order valence-corrected chi connectivity index (χ2v) is 5.56. The summed E-state index contributed by atoms with van der Waals surface area (Å²) in [6.07, 6.45) is 0.845. The quantitative estimate of drug-likeness (QED) is 0.880. The number of rotatable bonds is 5. The molecule has 2 nitrogen and oxygen atoms in total. The summed E-state index contributed by atoms with van der Waals surface area (Å²) in [6.45, 7) is 2.40. The Balaban J connectivity index is 2.04. The molecule has 1 aromatic carbocycles. The molecule has 1 N–H and O–H groups in total. The van der Waals surface area contributed by atoms with E-state index in [4.69, 9.17) is 5.11 Å². The minimum absolute atomic E-state index is 0.263. The average Bonchev–Trinajstić information content (AvgIpc) is 2.36. The van der Waals surface area contributed by atoms with Crippen molar-refractivity contribution in [3.63, 3.8) is 0 Å². The monoisotopic (exact) mass is 247 g/mol. The molecule has 90 valence electrons. The van der Waals surface area contributed by atoms with Gasteiger partial charge in [0.1, 0.15) is 0 Å². The topological polar surface area (TPSA) is 33.1 Å². The van der Waals surface area contributed by atoms with Crippen LogP contribution < -0.4 is 0 Å². The Morgan fingerprint density at radius 2 is 2.06 bits per heavy atom. The van der Waals surface area contributed by atoms with Crippen LogP contribution in [0.15, 0.2) is 36.4 Å². The maximum atomic E-state index is 8.85. The number of aliphatic hydroxyl groups is 1. The van der Waals surface area contributed by atoms with Crippen molar-refractivity contribution in [2.75, 3.05) is 6.61 Å². The van der Waals surface area contributed by atoms with Crippen molar-refractivity contribution in [2.45, 2.75) is 24.3 Å². The molecule has 2 aromatic rings. The molecule has 0 aliphatic heterocycles. The molecule has 1 aromatic heterocycles. The van der Waals surface area contributed by atoms with Gasteiger partial charge in [-0.1, -0.05) is 31.2 Å². The van der Waals surface area contributed by atoms with Crippen LogP contribution in [-0.4, -0.2) is 21.9 Å². The van der Waals surface area contributed by atoms with Gasteiger partial charge in [-0.05, 0) is 18.6 Å². The maximum absolute atomic E-state index is 8.85. The largest absolute Gasteiger partial charge is 0.396 e. The van der Waals surface area contributed by atoms with E-state index in [1.165, 1.54) is 5.39 Å². The number of pyridine rings is 1. The number of aliphatic hydroxyl groups excluding tert-OH is 1. The molecule has 0 fully saturated rings. The zero-order valence-electron chi connectivity index (χ0n) is 9.97. The van der Waals surface area contributed by atoms with E-state index in [2.05, 4.69) is 30.1 Å². The lowest BCUT2D eigenvalue weighted by Crippen LogP contribution is -2.00. The summed E-state index contributed by atoms with van der Waals surface area (Å²) < 4.78 is 0. The standard InChI is InChI=1S/C14H17NOS/c1-11(8-9-16)17-10-13-7-6-12-4-2-3-5-14(12)15-13/h2-7,11,16H,8-10H2,1H3. The fourth-order valence-corrected chi connectivity index (χ4v) is 2.57. The minimum atomic E-state index is 0.263. The van der Waals surface area contributed by atoms with Crippen molar-refractivity contribution in [1.82, 2.24) is 4.98 Å². The number of para-hydroxylation sites is 1. The van der Waals surface area contributed by atoms with Crippen molar-refractivity contribution in [3.05, 3.63) is 42.1 Å². The fourth-order valence-electron chi connectivity index (χ4n) is 1.68. The molecular weight excluding hydrogens is 230 g/mol. The van der Waals surface area contributed by atoms with Crippen LogP contribution in [-0.2, 0) is 5.75 Å². The molecule has 0 aliphatic rings. The number of hydrogen-bond donors (Lipinski definition) is 1. The molecule has 0 bridgehead atoms. The van der Waals surface area contributed by atoms with Crippen LogP contribution in [0.5, 0.6) is 0 Å². The first-order valence-corrected chi connectivity index (χ1v) is 6.91. The highest BCUT2D eigenvalue weighted by atomic mass is 32.2. The molecule has 1 atom stereocenters. The Morgan fingerprint density at radius 1 is 1.24 bits per heavy atom. The van der Waals surface area contributed by atoms with Gasteiger partial charge in [-0.15, -0.1) is 0 Å². The molecule has 0 aliphatic carbocycles. The van der Waals surface area contributed by atoms with Crippen LogP contribution >= 0.6 is 11.8 Å². The molecular formula is C14H17NOS. The summed E-state index contributed by atoms with van der Waals surface area (Å²) in [4.78, 5) is 4.62. The molecule has 0 spiro atoms. The van der Waals surface area contributed by atoms with Gasteiger partial charge in [-0.2, -0.15) is 11.8 Å². The number of fused-ring (bicyclic) bond motifs is 1. The van der Waals surface area contributed by atoms with E-state index in [0.717, 1.165) is 23.4 Å². The van der Waals surface area contributed by atoms with E-state index in [1.807, 2.05) is 30.0 Å². The van der Waals surface area contributed by atoms with Crippen molar-refractivity contribution in [3.8, 4) is 0 Å². The molecule has 17 heavy (non-hydrogen) atoms. The normalized spacial score (nSPS) is 12.8. The summed E-state index contributed by atoms with van der Waals surface area (Å²) in [7, 11) is 0.